The maximum absolute atomic E-state index is 12.8. The standard InChI is InChI=1S/C64H124NO8P/c1-6-8-10-12-14-16-18-20-22-24-26-28-30-32-34-36-38-40-42-44-46-48-50-52-54-56-63(66)70-60-62(61-72-74(68,69)71-59-58-65(3,4)5)73-64(67)57-55-53-51-49-47-45-43-41-39-37-35-33-31-29-27-25-23-21-19-17-15-13-11-9-7-2/h19,21,25,27,62H,6-18,20,22-24,26,28-61H2,1-5H3/b21-19-,27-25-. The van der Waals surface area contributed by atoms with Gasteiger partial charge in [0.1, 0.15) is 19.8 Å². The van der Waals surface area contributed by atoms with E-state index in [9.17, 15) is 19.0 Å². The lowest BCUT2D eigenvalue weighted by Gasteiger charge is -2.28. The summed E-state index contributed by atoms with van der Waals surface area (Å²) < 4.78 is 34.3. The summed E-state index contributed by atoms with van der Waals surface area (Å²) in [6.07, 6.45) is 68.1. The van der Waals surface area contributed by atoms with E-state index in [1.165, 1.54) is 244 Å². The molecular formula is C64H124NO8P. The number of likely N-dealkylation sites (N-methyl/N-ethyl adjacent to an activating group) is 1. The molecule has 2 atom stereocenters. The third-order valence-corrected chi connectivity index (χ3v) is 15.4. The quantitative estimate of drug-likeness (QED) is 0.0195. The molecule has 10 heteroatoms. The number of hydrogen-bond acceptors (Lipinski definition) is 8. The van der Waals surface area contributed by atoms with Crippen LogP contribution in [-0.4, -0.2) is 70.0 Å². The first-order chi connectivity index (χ1) is 36.0. The van der Waals surface area contributed by atoms with Crippen LogP contribution in [0.1, 0.15) is 322 Å². The normalized spacial score (nSPS) is 13.3. The van der Waals surface area contributed by atoms with Gasteiger partial charge in [-0.15, -0.1) is 0 Å². The van der Waals surface area contributed by atoms with E-state index in [0.717, 1.165) is 44.9 Å². The molecule has 0 radical (unpaired) electrons. The number of phosphoric ester groups is 1. The minimum atomic E-state index is -4.63. The van der Waals surface area contributed by atoms with Crippen LogP contribution >= 0.6 is 7.82 Å². The number of unbranched alkanes of at least 4 members (excludes halogenated alkanes) is 42. The Bertz CT molecular complexity index is 1300. The van der Waals surface area contributed by atoms with Crippen LogP contribution in [0, 0.1) is 0 Å². The molecule has 0 aliphatic heterocycles. The summed E-state index contributed by atoms with van der Waals surface area (Å²) in [6, 6.07) is 0. The Kier molecular flexibility index (Phi) is 55.1. The smallest absolute Gasteiger partial charge is 0.306 e. The molecule has 0 spiro atoms. The van der Waals surface area contributed by atoms with Gasteiger partial charge in [-0.05, 0) is 44.9 Å². The number of quaternary nitrogens is 1. The van der Waals surface area contributed by atoms with Gasteiger partial charge in [0.05, 0.1) is 27.7 Å². The molecule has 0 aromatic rings. The Morgan fingerprint density at radius 3 is 1.07 bits per heavy atom. The largest absolute Gasteiger partial charge is 0.756 e. The van der Waals surface area contributed by atoms with E-state index in [2.05, 4.69) is 38.2 Å². The average molecular weight is 1070 g/mol. The topological polar surface area (TPSA) is 111 Å². The van der Waals surface area contributed by atoms with Gasteiger partial charge in [-0.2, -0.15) is 0 Å². The summed E-state index contributed by atoms with van der Waals surface area (Å²) >= 11 is 0. The van der Waals surface area contributed by atoms with Gasteiger partial charge in [-0.3, -0.25) is 14.2 Å². The molecule has 0 aromatic carbocycles. The van der Waals surface area contributed by atoms with E-state index in [1.807, 2.05) is 21.1 Å². The highest BCUT2D eigenvalue weighted by Crippen LogP contribution is 2.38. The summed E-state index contributed by atoms with van der Waals surface area (Å²) in [4.78, 5) is 38.0. The fourth-order valence-electron chi connectivity index (χ4n) is 9.51. The monoisotopic (exact) mass is 1070 g/mol. The summed E-state index contributed by atoms with van der Waals surface area (Å²) in [5.41, 5.74) is 0. The summed E-state index contributed by atoms with van der Waals surface area (Å²) in [7, 11) is 1.18. The van der Waals surface area contributed by atoms with Crippen molar-refractivity contribution in [3.05, 3.63) is 24.3 Å². The Morgan fingerprint density at radius 1 is 0.419 bits per heavy atom. The molecule has 74 heavy (non-hydrogen) atoms. The van der Waals surface area contributed by atoms with Gasteiger partial charge < -0.3 is 27.9 Å². The zero-order chi connectivity index (χ0) is 54.2. The molecule has 0 fully saturated rings. The fraction of sp³-hybridized carbons (Fsp3) is 0.906. The van der Waals surface area contributed by atoms with Crippen molar-refractivity contribution in [3.63, 3.8) is 0 Å². The van der Waals surface area contributed by atoms with Crippen LogP contribution in [0.2, 0.25) is 0 Å². The highest BCUT2D eigenvalue weighted by atomic mass is 31.2. The number of esters is 2. The molecular weight excluding hydrogens is 942 g/mol. The van der Waals surface area contributed by atoms with Gasteiger partial charge in [0.2, 0.25) is 0 Å². The van der Waals surface area contributed by atoms with E-state index < -0.39 is 26.5 Å². The number of hydrogen-bond donors (Lipinski definition) is 0. The molecule has 0 aliphatic carbocycles. The first kappa shape index (κ1) is 72.5. The van der Waals surface area contributed by atoms with Crippen LogP contribution in [0.4, 0.5) is 0 Å². The maximum atomic E-state index is 12.8. The fourth-order valence-corrected chi connectivity index (χ4v) is 10.2. The summed E-state index contributed by atoms with van der Waals surface area (Å²) in [6.45, 7) is 4.29. The van der Waals surface area contributed by atoms with Gasteiger partial charge in [-0.25, -0.2) is 0 Å². The van der Waals surface area contributed by atoms with E-state index in [-0.39, 0.29) is 32.0 Å². The summed E-state index contributed by atoms with van der Waals surface area (Å²) in [5.74, 6) is -0.814. The minimum Gasteiger partial charge on any atom is -0.756 e. The Morgan fingerprint density at radius 2 is 0.730 bits per heavy atom. The zero-order valence-corrected chi connectivity index (χ0v) is 50.7. The lowest BCUT2D eigenvalue weighted by Crippen LogP contribution is -2.37. The van der Waals surface area contributed by atoms with Gasteiger partial charge >= 0.3 is 11.9 Å². The number of phosphoric acid groups is 1. The van der Waals surface area contributed by atoms with Crippen molar-refractivity contribution in [2.75, 3.05) is 47.5 Å². The lowest BCUT2D eigenvalue weighted by atomic mass is 10.0. The third-order valence-electron chi connectivity index (χ3n) is 14.5. The average Bonchev–Trinajstić information content (AvgIpc) is 3.36. The van der Waals surface area contributed by atoms with E-state index in [1.54, 1.807) is 0 Å². The molecule has 0 aliphatic rings. The molecule has 0 saturated heterocycles. The van der Waals surface area contributed by atoms with Crippen molar-refractivity contribution in [1.82, 2.24) is 0 Å². The minimum absolute atomic E-state index is 0.0279. The SMILES string of the molecule is CCCCCCC/C=C\C/C=C\CCCCCCCCCCCCCCCC(=O)OC(COC(=O)CCCCCCCCCCCCCCCCCCCCCCCCCCC)COP(=O)([O-])OCC[N+](C)(C)C. The van der Waals surface area contributed by atoms with Crippen LogP contribution in [0.15, 0.2) is 24.3 Å². The van der Waals surface area contributed by atoms with Gasteiger partial charge in [-0.1, -0.05) is 289 Å². The number of nitrogens with zero attached hydrogens (tertiary/aromatic N) is 1. The van der Waals surface area contributed by atoms with E-state index in [4.69, 9.17) is 18.5 Å². The maximum Gasteiger partial charge on any atom is 0.306 e. The first-order valence-electron chi connectivity index (χ1n) is 32.0. The second-order valence-corrected chi connectivity index (χ2v) is 24.5. The van der Waals surface area contributed by atoms with E-state index in [0.29, 0.717) is 17.4 Å². The van der Waals surface area contributed by atoms with Gasteiger partial charge in [0, 0.05) is 12.8 Å². The van der Waals surface area contributed by atoms with Crippen LogP contribution in [-0.2, 0) is 32.7 Å². The number of carbonyl (C=O) groups is 2. The van der Waals surface area contributed by atoms with Crippen LogP contribution < -0.4 is 4.89 Å². The Balaban J connectivity index is 4.06. The number of allylic oxidation sites excluding steroid dienone is 4. The van der Waals surface area contributed by atoms with Gasteiger partial charge in [0.25, 0.3) is 7.82 Å². The van der Waals surface area contributed by atoms with Crippen molar-refractivity contribution >= 4 is 19.8 Å². The number of rotatable bonds is 60. The Labute approximate surface area is 459 Å². The molecule has 0 bridgehead atoms. The molecule has 9 nitrogen and oxygen atoms in total. The van der Waals surface area contributed by atoms with Crippen molar-refractivity contribution in [2.24, 2.45) is 0 Å². The second-order valence-electron chi connectivity index (χ2n) is 23.1. The van der Waals surface area contributed by atoms with Crippen molar-refractivity contribution in [3.8, 4) is 0 Å². The molecule has 0 heterocycles. The molecule has 0 amide bonds. The highest BCUT2D eigenvalue weighted by Gasteiger charge is 2.22. The predicted molar refractivity (Wildman–Crippen MR) is 314 cm³/mol. The van der Waals surface area contributed by atoms with Crippen LogP contribution in [0.25, 0.3) is 0 Å². The molecule has 438 valence electrons. The van der Waals surface area contributed by atoms with E-state index >= 15 is 0 Å². The zero-order valence-electron chi connectivity index (χ0n) is 49.8. The summed E-state index contributed by atoms with van der Waals surface area (Å²) in [5, 5.41) is 0. The molecule has 0 N–H and O–H groups in total. The van der Waals surface area contributed by atoms with Crippen molar-refractivity contribution in [2.45, 2.75) is 328 Å². The molecule has 0 rings (SSSR count). The third kappa shape index (κ3) is 59.7. The number of carbonyl (C=O) groups excluding carboxylic acids is 2. The molecule has 0 aromatic heterocycles. The molecule has 2 unspecified atom stereocenters. The van der Waals surface area contributed by atoms with Crippen molar-refractivity contribution < 1.29 is 42.1 Å². The van der Waals surface area contributed by atoms with Crippen LogP contribution in [0.3, 0.4) is 0 Å². The highest BCUT2D eigenvalue weighted by molar-refractivity contribution is 7.45. The van der Waals surface area contributed by atoms with Gasteiger partial charge in [0.15, 0.2) is 6.10 Å². The number of ether oxygens (including phenoxy) is 2. The van der Waals surface area contributed by atoms with Crippen molar-refractivity contribution in [1.29, 1.82) is 0 Å². The molecule has 0 saturated carbocycles. The first-order valence-corrected chi connectivity index (χ1v) is 33.5. The Hall–Kier alpha value is -1.51. The second kappa shape index (κ2) is 56.2. The van der Waals surface area contributed by atoms with Crippen LogP contribution in [0.5, 0.6) is 0 Å². The lowest BCUT2D eigenvalue weighted by molar-refractivity contribution is -0.870. The predicted octanol–water partition coefficient (Wildman–Crippen LogP) is 19.5.